The summed E-state index contributed by atoms with van der Waals surface area (Å²) in [5.41, 5.74) is 0.871. The summed E-state index contributed by atoms with van der Waals surface area (Å²) < 4.78 is 41.1. The molecule has 1 saturated heterocycles. The van der Waals surface area contributed by atoms with Crippen molar-refractivity contribution < 1.29 is 18.0 Å². The number of halogens is 3. The molecule has 5 heterocycles. The minimum atomic E-state index is -4.47. The number of anilines is 1. The highest BCUT2D eigenvalue weighted by atomic mass is 19.4. The second-order valence-corrected chi connectivity index (χ2v) is 8.82. The molecule has 0 radical (unpaired) electrons. The normalized spacial score (nSPS) is 18.9. The number of carbonyl (C=O) groups excluding carboxylic acids is 1. The molecular formula is C23H21F3N8O. The molecule has 180 valence electrons. The summed E-state index contributed by atoms with van der Waals surface area (Å²) in [7, 11) is 0. The summed E-state index contributed by atoms with van der Waals surface area (Å²) >= 11 is 0. The van der Waals surface area contributed by atoms with Crippen LogP contribution in [0.5, 0.6) is 0 Å². The third-order valence-corrected chi connectivity index (χ3v) is 6.52. The van der Waals surface area contributed by atoms with Gasteiger partial charge in [-0.1, -0.05) is 0 Å². The van der Waals surface area contributed by atoms with Crippen molar-refractivity contribution in [1.29, 1.82) is 0 Å². The third-order valence-electron chi connectivity index (χ3n) is 6.52. The number of amides is 1. The zero-order valence-corrected chi connectivity index (χ0v) is 18.5. The number of hydrogen-bond acceptors (Lipinski definition) is 6. The summed E-state index contributed by atoms with van der Waals surface area (Å²) in [4.78, 5) is 30.1. The van der Waals surface area contributed by atoms with Crippen LogP contribution in [0.2, 0.25) is 0 Å². The van der Waals surface area contributed by atoms with E-state index < -0.39 is 11.7 Å². The number of hydrogen-bond donors (Lipinski definition) is 1. The fourth-order valence-corrected chi connectivity index (χ4v) is 4.51. The molecule has 1 N–H and O–H groups in total. The molecule has 1 aliphatic heterocycles. The van der Waals surface area contributed by atoms with Crippen molar-refractivity contribution in [2.75, 3.05) is 24.5 Å². The molecule has 4 aromatic heterocycles. The zero-order valence-electron chi connectivity index (χ0n) is 18.5. The number of imidazole rings is 1. The molecule has 9 nitrogen and oxygen atoms in total. The van der Waals surface area contributed by atoms with E-state index in [1.807, 2.05) is 4.90 Å². The summed E-state index contributed by atoms with van der Waals surface area (Å²) in [6.45, 7) is 1.63. The van der Waals surface area contributed by atoms with Crippen molar-refractivity contribution in [3.05, 3.63) is 60.3 Å². The van der Waals surface area contributed by atoms with Crippen LogP contribution in [0.3, 0.4) is 0 Å². The predicted octanol–water partition coefficient (Wildman–Crippen LogP) is 3.33. The highest BCUT2D eigenvalue weighted by Crippen LogP contribution is 2.36. The number of rotatable bonds is 4. The number of carbonyl (C=O) groups is 1. The Hall–Kier alpha value is -3.96. The number of nitrogens with one attached hydrogen (secondary N) is 1. The lowest BCUT2D eigenvalue weighted by molar-refractivity contribution is -0.138. The van der Waals surface area contributed by atoms with E-state index in [1.54, 1.807) is 24.7 Å². The van der Waals surface area contributed by atoms with Gasteiger partial charge in [0.05, 0.1) is 24.0 Å². The van der Waals surface area contributed by atoms with Gasteiger partial charge in [0.2, 0.25) is 5.91 Å². The summed E-state index contributed by atoms with van der Waals surface area (Å²) in [6, 6.07) is 3.90. The van der Waals surface area contributed by atoms with E-state index in [-0.39, 0.29) is 23.7 Å². The maximum Gasteiger partial charge on any atom is 0.417 e. The van der Waals surface area contributed by atoms with E-state index in [2.05, 4.69) is 30.0 Å². The van der Waals surface area contributed by atoms with Crippen LogP contribution in [0.15, 0.2) is 49.2 Å². The van der Waals surface area contributed by atoms with Gasteiger partial charge in [0.1, 0.15) is 17.2 Å². The molecule has 12 heteroatoms. The van der Waals surface area contributed by atoms with Crippen molar-refractivity contribution in [3.63, 3.8) is 0 Å². The molecule has 1 atom stereocenters. The number of pyridine rings is 1. The second-order valence-electron chi connectivity index (χ2n) is 8.82. The van der Waals surface area contributed by atoms with Crippen molar-refractivity contribution in [3.8, 4) is 11.5 Å². The molecule has 1 saturated carbocycles. The molecule has 1 unspecified atom stereocenters. The Labute approximate surface area is 197 Å². The maximum atomic E-state index is 13.3. The van der Waals surface area contributed by atoms with E-state index in [0.717, 1.165) is 30.7 Å². The van der Waals surface area contributed by atoms with Crippen LogP contribution < -0.4 is 4.90 Å². The SMILES string of the molecule is O=C(C1CC1)N1CCN(c2ccnc(-c3cnc4ccc(C(F)(F)F)cn34)n2)CC1c1cn[nH]c1. The predicted molar refractivity (Wildman–Crippen MR) is 119 cm³/mol. The molecule has 0 spiro atoms. The van der Waals surface area contributed by atoms with Crippen LogP contribution in [0.1, 0.15) is 30.0 Å². The second kappa shape index (κ2) is 8.07. The Balaban J connectivity index is 1.32. The van der Waals surface area contributed by atoms with Gasteiger partial charge in [0.25, 0.3) is 0 Å². The fourth-order valence-electron chi connectivity index (χ4n) is 4.51. The van der Waals surface area contributed by atoms with E-state index >= 15 is 0 Å². The van der Waals surface area contributed by atoms with Crippen molar-refractivity contribution in [2.45, 2.75) is 25.1 Å². The van der Waals surface area contributed by atoms with Gasteiger partial charge in [-0.3, -0.25) is 14.3 Å². The molecule has 1 aliphatic carbocycles. The third kappa shape index (κ3) is 3.98. The molecule has 4 aromatic rings. The fraction of sp³-hybridized carbons (Fsp3) is 0.348. The van der Waals surface area contributed by atoms with Crippen molar-refractivity contribution >= 4 is 17.4 Å². The molecule has 35 heavy (non-hydrogen) atoms. The van der Waals surface area contributed by atoms with E-state index in [4.69, 9.17) is 0 Å². The minimum Gasteiger partial charge on any atom is -0.352 e. The Morgan fingerprint density at radius 1 is 1.09 bits per heavy atom. The summed E-state index contributed by atoms with van der Waals surface area (Å²) in [5.74, 6) is 1.18. The topological polar surface area (TPSA) is 95.3 Å². The number of aromatic nitrogens is 6. The smallest absolute Gasteiger partial charge is 0.352 e. The number of nitrogens with zero attached hydrogens (tertiary/aromatic N) is 7. The first kappa shape index (κ1) is 21.6. The van der Waals surface area contributed by atoms with Gasteiger partial charge in [-0.15, -0.1) is 0 Å². The lowest BCUT2D eigenvalue weighted by atomic mass is 10.0. The number of aromatic amines is 1. The van der Waals surface area contributed by atoms with Gasteiger partial charge in [-0.25, -0.2) is 15.0 Å². The van der Waals surface area contributed by atoms with Gasteiger partial charge in [-0.2, -0.15) is 18.3 Å². The van der Waals surface area contributed by atoms with Crippen LogP contribution in [0, 0.1) is 5.92 Å². The van der Waals surface area contributed by atoms with Gasteiger partial charge in [-0.05, 0) is 31.0 Å². The molecular weight excluding hydrogens is 461 g/mol. The number of H-pyrrole nitrogens is 1. The first-order chi connectivity index (χ1) is 16.9. The summed E-state index contributed by atoms with van der Waals surface area (Å²) in [6.07, 6.45) is 4.97. The van der Waals surface area contributed by atoms with Crippen LogP contribution in [0.4, 0.5) is 19.0 Å². The Morgan fingerprint density at radius 2 is 1.94 bits per heavy atom. The molecule has 6 rings (SSSR count). The van der Waals surface area contributed by atoms with E-state index in [0.29, 0.717) is 36.8 Å². The molecule has 0 bridgehead atoms. The number of fused-ring (bicyclic) bond motifs is 1. The highest BCUT2D eigenvalue weighted by Gasteiger charge is 2.40. The lowest BCUT2D eigenvalue weighted by Crippen LogP contribution is -2.51. The quantitative estimate of drug-likeness (QED) is 0.480. The Morgan fingerprint density at radius 3 is 2.69 bits per heavy atom. The molecule has 0 aromatic carbocycles. The number of piperazine rings is 1. The standard InChI is InChI=1S/C23H21F3N8O/c24-23(25,26)16-3-4-19-28-11-17(34(19)12-16)21-27-6-5-20(31-21)32-7-8-33(22(35)14-1-2-14)18(13-32)15-9-29-30-10-15/h3-6,9-12,14,18H,1-2,7-8,13H2,(H,29,30). The van der Waals surface area contributed by atoms with Gasteiger partial charge in [0, 0.05) is 49.7 Å². The van der Waals surface area contributed by atoms with Crippen molar-refractivity contribution in [2.24, 2.45) is 5.92 Å². The van der Waals surface area contributed by atoms with Crippen LogP contribution >= 0.6 is 0 Å². The van der Waals surface area contributed by atoms with Gasteiger partial charge < -0.3 is 9.80 Å². The van der Waals surface area contributed by atoms with E-state index in [1.165, 1.54) is 16.7 Å². The largest absolute Gasteiger partial charge is 0.417 e. The summed E-state index contributed by atoms with van der Waals surface area (Å²) in [5, 5.41) is 6.88. The monoisotopic (exact) mass is 482 g/mol. The van der Waals surface area contributed by atoms with Crippen LogP contribution in [-0.4, -0.2) is 60.0 Å². The molecule has 1 amide bonds. The first-order valence-electron chi connectivity index (χ1n) is 11.3. The Kier molecular flexibility index (Phi) is 4.97. The average molecular weight is 482 g/mol. The first-order valence-corrected chi connectivity index (χ1v) is 11.3. The maximum absolute atomic E-state index is 13.3. The van der Waals surface area contributed by atoms with E-state index in [9.17, 15) is 18.0 Å². The average Bonchev–Trinajstić information content (AvgIpc) is 3.39. The Bertz CT molecular complexity index is 1380. The lowest BCUT2D eigenvalue weighted by Gasteiger charge is -2.41. The van der Waals surface area contributed by atoms with Crippen LogP contribution in [-0.2, 0) is 11.0 Å². The molecule has 2 aliphatic rings. The van der Waals surface area contributed by atoms with Gasteiger partial charge in [0.15, 0.2) is 5.82 Å². The molecule has 2 fully saturated rings. The van der Waals surface area contributed by atoms with Gasteiger partial charge >= 0.3 is 6.18 Å². The zero-order chi connectivity index (χ0) is 24.2. The minimum absolute atomic E-state index is 0.110. The van der Waals surface area contributed by atoms with Crippen LogP contribution in [0.25, 0.3) is 17.2 Å². The highest BCUT2D eigenvalue weighted by molar-refractivity contribution is 5.82. The van der Waals surface area contributed by atoms with Crippen molar-refractivity contribution in [1.82, 2.24) is 34.4 Å². The number of alkyl halides is 3.